The molecular weight excluding hydrogens is 376 g/mol. The summed E-state index contributed by atoms with van der Waals surface area (Å²) in [5.41, 5.74) is 0.399. The van der Waals surface area contributed by atoms with Crippen LogP contribution in [0.3, 0.4) is 0 Å². The van der Waals surface area contributed by atoms with Crippen molar-refractivity contribution in [2.24, 2.45) is 0 Å². The van der Waals surface area contributed by atoms with Crippen molar-refractivity contribution in [3.8, 4) is 0 Å². The molecule has 0 saturated carbocycles. The highest BCUT2D eigenvalue weighted by Crippen LogP contribution is 2.33. The van der Waals surface area contributed by atoms with E-state index in [4.69, 9.17) is 0 Å². The van der Waals surface area contributed by atoms with Gasteiger partial charge in [-0.05, 0) is 37.4 Å². The van der Waals surface area contributed by atoms with Gasteiger partial charge in [-0.15, -0.1) is 0 Å². The number of nitro groups is 1. The average molecular weight is 398 g/mol. The van der Waals surface area contributed by atoms with Crippen LogP contribution in [0.25, 0.3) is 10.8 Å². The second kappa shape index (κ2) is 8.78. The molecule has 0 radical (unpaired) electrons. The SMILES string of the molecule is CC(=O)NCCCNCCCN1C(=O)c2cccc3cc([N+](=O)[O-])cc(c23)C1=O. The molecule has 0 fully saturated rings. The van der Waals surface area contributed by atoms with Crippen LogP contribution in [0, 0.1) is 10.1 Å². The third-order valence-corrected chi connectivity index (χ3v) is 4.76. The van der Waals surface area contributed by atoms with Crippen LogP contribution in [0.1, 0.15) is 40.5 Å². The third kappa shape index (κ3) is 4.40. The minimum absolute atomic E-state index is 0.0670. The van der Waals surface area contributed by atoms with Crippen LogP contribution < -0.4 is 10.6 Å². The molecule has 1 aliphatic rings. The lowest BCUT2D eigenvalue weighted by Crippen LogP contribution is -2.41. The van der Waals surface area contributed by atoms with Crippen molar-refractivity contribution in [1.29, 1.82) is 0 Å². The molecule has 1 heterocycles. The highest BCUT2D eigenvalue weighted by Gasteiger charge is 2.33. The largest absolute Gasteiger partial charge is 0.356 e. The molecule has 0 atom stereocenters. The summed E-state index contributed by atoms with van der Waals surface area (Å²) in [6.45, 7) is 3.58. The van der Waals surface area contributed by atoms with Crippen molar-refractivity contribution in [1.82, 2.24) is 15.5 Å². The Morgan fingerprint density at radius 3 is 2.52 bits per heavy atom. The topological polar surface area (TPSA) is 122 Å². The molecule has 2 aromatic carbocycles. The van der Waals surface area contributed by atoms with Gasteiger partial charge in [0.05, 0.1) is 10.5 Å². The normalized spacial score (nSPS) is 13.1. The number of imide groups is 1. The lowest BCUT2D eigenvalue weighted by Gasteiger charge is -2.27. The zero-order valence-corrected chi connectivity index (χ0v) is 16.1. The smallest absolute Gasteiger partial charge is 0.270 e. The van der Waals surface area contributed by atoms with Gasteiger partial charge in [0.1, 0.15) is 0 Å². The van der Waals surface area contributed by atoms with Gasteiger partial charge in [0.15, 0.2) is 0 Å². The molecule has 9 nitrogen and oxygen atoms in total. The van der Waals surface area contributed by atoms with E-state index in [0.717, 1.165) is 11.3 Å². The molecule has 2 aromatic rings. The zero-order chi connectivity index (χ0) is 21.0. The molecule has 0 bridgehead atoms. The van der Waals surface area contributed by atoms with Crippen molar-refractivity contribution in [3.05, 3.63) is 51.6 Å². The Kier molecular flexibility index (Phi) is 6.18. The van der Waals surface area contributed by atoms with Crippen molar-refractivity contribution >= 4 is 34.2 Å². The van der Waals surface area contributed by atoms with Gasteiger partial charge in [-0.2, -0.15) is 0 Å². The van der Waals surface area contributed by atoms with E-state index in [-0.39, 0.29) is 29.6 Å². The summed E-state index contributed by atoms with van der Waals surface area (Å²) in [4.78, 5) is 48.3. The van der Waals surface area contributed by atoms with E-state index < -0.39 is 10.8 Å². The number of non-ortho nitro benzene ring substituents is 1. The molecule has 0 unspecified atom stereocenters. The Morgan fingerprint density at radius 2 is 1.79 bits per heavy atom. The summed E-state index contributed by atoms with van der Waals surface area (Å²) >= 11 is 0. The maximum atomic E-state index is 12.9. The maximum absolute atomic E-state index is 12.9. The standard InChI is InChI=1S/C20H22N4O5/c1-13(25)22-9-3-7-21-8-4-10-23-19(26)16-6-2-5-14-11-15(24(28)29)12-17(18(14)16)20(23)27/h2,5-6,11-12,21H,3-4,7-10H2,1H3,(H,22,25). The summed E-state index contributed by atoms with van der Waals surface area (Å²) in [6, 6.07) is 7.58. The Balaban J connectivity index is 1.66. The van der Waals surface area contributed by atoms with Crippen molar-refractivity contribution in [2.45, 2.75) is 19.8 Å². The number of nitro benzene ring substituents is 1. The van der Waals surface area contributed by atoms with E-state index in [1.54, 1.807) is 18.2 Å². The Hall–Kier alpha value is -3.33. The van der Waals surface area contributed by atoms with Crippen LogP contribution >= 0.6 is 0 Å². The lowest BCUT2D eigenvalue weighted by molar-refractivity contribution is -0.384. The predicted octanol–water partition coefficient (Wildman–Crippen LogP) is 1.85. The van der Waals surface area contributed by atoms with E-state index in [1.807, 2.05) is 0 Å². The van der Waals surface area contributed by atoms with E-state index in [2.05, 4.69) is 10.6 Å². The molecule has 2 N–H and O–H groups in total. The molecule has 0 aliphatic carbocycles. The molecule has 152 valence electrons. The molecule has 0 aromatic heterocycles. The van der Waals surface area contributed by atoms with Crippen LogP contribution in [-0.4, -0.2) is 53.7 Å². The van der Waals surface area contributed by atoms with Gasteiger partial charge >= 0.3 is 0 Å². The van der Waals surface area contributed by atoms with E-state index in [0.29, 0.717) is 42.4 Å². The first-order valence-electron chi connectivity index (χ1n) is 9.42. The monoisotopic (exact) mass is 398 g/mol. The fourth-order valence-electron chi connectivity index (χ4n) is 3.42. The zero-order valence-electron chi connectivity index (χ0n) is 16.1. The third-order valence-electron chi connectivity index (χ3n) is 4.76. The Labute approximate surface area is 167 Å². The first kappa shape index (κ1) is 20.4. The van der Waals surface area contributed by atoms with Gasteiger partial charge in [-0.25, -0.2) is 0 Å². The summed E-state index contributed by atoms with van der Waals surface area (Å²) in [5.74, 6) is -0.955. The number of carbonyl (C=O) groups is 3. The first-order chi connectivity index (χ1) is 13.9. The van der Waals surface area contributed by atoms with Crippen LogP contribution in [0.4, 0.5) is 5.69 Å². The highest BCUT2D eigenvalue weighted by molar-refractivity contribution is 6.25. The van der Waals surface area contributed by atoms with Crippen LogP contribution in [-0.2, 0) is 4.79 Å². The fraction of sp³-hybridized carbons (Fsp3) is 0.350. The minimum Gasteiger partial charge on any atom is -0.356 e. The second-order valence-electron chi connectivity index (χ2n) is 6.86. The minimum atomic E-state index is -0.540. The summed E-state index contributed by atoms with van der Waals surface area (Å²) in [6.07, 6.45) is 1.33. The molecule has 3 rings (SSSR count). The number of hydrogen-bond acceptors (Lipinski definition) is 6. The number of rotatable bonds is 9. The van der Waals surface area contributed by atoms with E-state index >= 15 is 0 Å². The first-order valence-corrected chi connectivity index (χ1v) is 9.42. The molecule has 1 aliphatic heterocycles. The summed E-state index contributed by atoms with van der Waals surface area (Å²) < 4.78 is 0. The summed E-state index contributed by atoms with van der Waals surface area (Å²) in [7, 11) is 0. The Bertz CT molecular complexity index is 988. The molecule has 0 saturated heterocycles. The maximum Gasteiger partial charge on any atom is 0.270 e. The van der Waals surface area contributed by atoms with E-state index in [1.165, 1.54) is 19.1 Å². The van der Waals surface area contributed by atoms with Crippen LogP contribution in [0.2, 0.25) is 0 Å². The molecular formula is C20H22N4O5. The number of amides is 3. The number of benzene rings is 2. The second-order valence-corrected chi connectivity index (χ2v) is 6.86. The van der Waals surface area contributed by atoms with Gasteiger partial charge in [0, 0.05) is 43.1 Å². The van der Waals surface area contributed by atoms with Crippen LogP contribution in [0.5, 0.6) is 0 Å². The number of hydrogen-bond donors (Lipinski definition) is 2. The molecule has 9 heteroatoms. The Morgan fingerprint density at radius 1 is 1.07 bits per heavy atom. The highest BCUT2D eigenvalue weighted by atomic mass is 16.6. The molecule has 3 amide bonds. The van der Waals surface area contributed by atoms with Gasteiger partial charge < -0.3 is 10.6 Å². The van der Waals surface area contributed by atoms with Crippen molar-refractivity contribution in [3.63, 3.8) is 0 Å². The van der Waals surface area contributed by atoms with Crippen LogP contribution in [0.15, 0.2) is 30.3 Å². The fourth-order valence-corrected chi connectivity index (χ4v) is 3.42. The lowest BCUT2D eigenvalue weighted by atomic mass is 9.93. The van der Waals surface area contributed by atoms with Gasteiger partial charge in [-0.1, -0.05) is 12.1 Å². The van der Waals surface area contributed by atoms with Gasteiger partial charge in [0.25, 0.3) is 17.5 Å². The van der Waals surface area contributed by atoms with Gasteiger partial charge in [-0.3, -0.25) is 29.4 Å². The molecule has 0 spiro atoms. The number of carbonyl (C=O) groups excluding carboxylic acids is 3. The van der Waals surface area contributed by atoms with Gasteiger partial charge in [0.2, 0.25) is 5.91 Å². The number of nitrogens with zero attached hydrogens (tertiary/aromatic N) is 2. The van der Waals surface area contributed by atoms with Crippen molar-refractivity contribution < 1.29 is 19.3 Å². The quantitative estimate of drug-likeness (QED) is 0.288. The number of nitrogens with one attached hydrogen (secondary N) is 2. The van der Waals surface area contributed by atoms with E-state index in [9.17, 15) is 24.5 Å². The predicted molar refractivity (Wildman–Crippen MR) is 107 cm³/mol. The average Bonchev–Trinajstić information content (AvgIpc) is 2.69. The molecule has 29 heavy (non-hydrogen) atoms. The van der Waals surface area contributed by atoms with Crippen molar-refractivity contribution in [2.75, 3.05) is 26.2 Å². The summed E-state index contributed by atoms with van der Waals surface area (Å²) in [5, 5.41) is 18.1.